The number of nitrogens with zero attached hydrogens (tertiary/aromatic N) is 4. The molecule has 1 amide bonds. The van der Waals surface area contributed by atoms with Crippen molar-refractivity contribution >= 4 is 32.7 Å². The van der Waals surface area contributed by atoms with E-state index in [9.17, 15) is 9.59 Å². The van der Waals surface area contributed by atoms with E-state index in [4.69, 9.17) is 4.98 Å². The van der Waals surface area contributed by atoms with Crippen molar-refractivity contribution in [1.82, 2.24) is 19.9 Å². The van der Waals surface area contributed by atoms with Gasteiger partial charge in [-0.25, -0.2) is 9.97 Å². The van der Waals surface area contributed by atoms with Gasteiger partial charge < -0.3 is 10.2 Å². The summed E-state index contributed by atoms with van der Waals surface area (Å²) in [6.45, 7) is 3.18. The molecule has 1 aromatic carbocycles. The third kappa shape index (κ3) is 3.84. The zero-order valence-electron chi connectivity index (χ0n) is 17.7. The van der Waals surface area contributed by atoms with E-state index in [2.05, 4.69) is 10.3 Å². The first-order valence-corrected chi connectivity index (χ1v) is 11.9. The van der Waals surface area contributed by atoms with Crippen LogP contribution in [-0.2, 0) is 11.3 Å². The fourth-order valence-electron chi connectivity index (χ4n) is 4.86. The number of fused-ring (bicyclic) bond motifs is 1. The molecule has 0 radical (unpaired) electrons. The highest BCUT2D eigenvalue weighted by Crippen LogP contribution is 2.33. The van der Waals surface area contributed by atoms with Gasteiger partial charge in [-0.2, -0.15) is 0 Å². The van der Waals surface area contributed by atoms with E-state index in [1.807, 2.05) is 46.7 Å². The van der Waals surface area contributed by atoms with Crippen LogP contribution in [0, 0.1) is 6.92 Å². The molecule has 2 aliphatic rings. The molecule has 2 aromatic heterocycles. The Balaban J connectivity index is 1.39. The molecule has 1 aliphatic heterocycles. The summed E-state index contributed by atoms with van der Waals surface area (Å²) in [4.78, 5) is 38.2. The molecule has 0 unspecified atom stereocenters. The zero-order valence-corrected chi connectivity index (χ0v) is 18.5. The molecular weight excluding hydrogens is 410 g/mol. The van der Waals surface area contributed by atoms with Crippen molar-refractivity contribution in [3.05, 3.63) is 52.1 Å². The Morgan fingerprint density at radius 3 is 2.68 bits per heavy atom. The smallest absolute Gasteiger partial charge is 0.281 e. The topological polar surface area (TPSA) is 80.1 Å². The number of amides is 1. The van der Waals surface area contributed by atoms with Crippen molar-refractivity contribution in [2.45, 2.75) is 64.1 Å². The third-order valence-electron chi connectivity index (χ3n) is 6.43. The van der Waals surface area contributed by atoms with Crippen molar-refractivity contribution in [2.24, 2.45) is 0 Å². The molecular formula is C23H27N5O2S. The highest BCUT2D eigenvalue weighted by atomic mass is 32.1. The minimum atomic E-state index is -0.262. The van der Waals surface area contributed by atoms with Crippen LogP contribution in [0.1, 0.15) is 56.0 Å². The highest BCUT2D eigenvalue weighted by Gasteiger charge is 2.33. The summed E-state index contributed by atoms with van der Waals surface area (Å²) < 4.78 is 1.84. The second-order valence-electron chi connectivity index (χ2n) is 8.48. The van der Waals surface area contributed by atoms with Crippen molar-refractivity contribution < 1.29 is 4.79 Å². The molecule has 1 aliphatic carbocycles. The molecule has 0 spiro atoms. The fourth-order valence-corrected chi connectivity index (χ4v) is 5.92. The molecule has 1 atom stereocenters. The maximum atomic E-state index is 13.2. The summed E-state index contributed by atoms with van der Waals surface area (Å²) in [5, 5.41) is 3.78. The minimum Gasteiger partial charge on any atom is -0.350 e. The van der Waals surface area contributed by atoms with Crippen LogP contribution in [0.3, 0.4) is 0 Å². The SMILES string of the molecule is Cc1nc2sc(N3CCC[C@@H]3C(=O)NCc3ccccc3)nc2c(=O)n1C1CCCC1. The van der Waals surface area contributed by atoms with Gasteiger partial charge in [-0.05, 0) is 38.2 Å². The molecule has 0 bridgehead atoms. The van der Waals surface area contributed by atoms with E-state index >= 15 is 0 Å². The van der Waals surface area contributed by atoms with Crippen molar-refractivity contribution in [1.29, 1.82) is 0 Å². The van der Waals surface area contributed by atoms with E-state index in [1.165, 1.54) is 11.3 Å². The molecule has 1 N–H and O–H groups in total. The zero-order chi connectivity index (χ0) is 21.4. The Kier molecular flexibility index (Phi) is 5.48. The predicted octanol–water partition coefficient (Wildman–Crippen LogP) is 3.56. The Morgan fingerprint density at radius 2 is 1.90 bits per heavy atom. The Labute approximate surface area is 185 Å². The monoisotopic (exact) mass is 437 g/mol. The lowest BCUT2D eigenvalue weighted by molar-refractivity contribution is -0.122. The summed E-state index contributed by atoms with van der Waals surface area (Å²) in [7, 11) is 0. The van der Waals surface area contributed by atoms with E-state index < -0.39 is 0 Å². The van der Waals surface area contributed by atoms with Crippen molar-refractivity contribution in [3.63, 3.8) is 0 Å². The van der Waals surface area contributed by atoms with E-state index in [0.29, 0.717) is 16.9 Å². The molecule has 1 saturated carbocycles. The van der Waals surface area contributed by atoms with Gasteiger partial charge in [-0.1, -0.05) is 54.5 Å². The maximum Gasteiger partial charge on any atom is 0.281 e. The van der Waals surface area contributed by atoms with Crippen LogP contribution >= 0.6 is 11.3 Å². The summed E-state index contributed by atoms with van der Waals surface area (Å²) in [6, 6.07) is 9.89. The number of carbonyl (C=O) groups excluding carboxylic acids is 1. The summed E-state index contributed by atoms with van der Waals surface area (Å²) in [5.74, 6) is 0.770. The first-order chi connectivity index (χ1) is 15.1. The quantitative estimate of drug-likeness (QED) is 0.660. The van der Waals surface area contributed by atoms with Crippen LogP contribution in [0.2, 0.25) is 0 Å². The molecule has 8 heteroatoms. The highest BCUT2D eigenvalue weighted by molar-refractivity contribution is 7.21. The summed E-state index contributed by atoms with van der Waals surface area (Å²) in [5.41, 5.74) is 1.47. The Morgan fingerprint density at radius 1 is 1.13 bits per heavy atom. The van der Waals surface area contributed by atoms with Gasteiger partial charge in [0, 0.05) is 19.1 Å². The summed E-state index contributed by atoms with van der Waals surface area (Å²) in [6.07, 6.45) is 6.09. The Bertz CT molecular complexity index is 1150. The van der Waals surface area contributed by atoms with Gasteiger partial charge in [0.2, 0.25) is 5.91 Å². The lowest BCUT2D eigenvalue weighted by Gasteiger charge is -2.23. The number of hydrogen-bond acceptors (Lipinski definition) is 6. The van der Waals surface area contributed by atoms with Gasteiger partial charge >= 0.3 is 0 Å². The molecule has 7 nitrogen and oxygen atoms in total. The molecule has 3 aromatic rings. The number of hydrogen-bond donors (Lipinski definition) is 1. The minimum absolute atomic E-state index is 0.00751. The molecule has 2 fully saturated rings. The van der Waals surface area contributed by atoms with Crippen LogP contribution in [0.5, 0.6) is 0 Å². The first kappa shape index (κ1) is 20.2. The van der Waals surface area contributed by atoms with Gasteiger partial charge in [-0.3, -0.25) is 14.2 Å². The normalized spacial score (nSPS) is 19.4. The number of aryl methyl sites for hydroxylation is 1. The molecule has 1 saturated heterocycles. The second-order valence-corrected chi connectivity index (χ2v) is 9.43. The molecule has 5 rings (SSSR count). The van der Waals surface area contributed by atoms with E-state index in [0.717, 1.165) is 61.6 Å². The predicted molar refractivity (Wildman–Crippen MR) is 123 cm³/mol. The van der Waals surface area contributed by atoms with Crippen LogP contribution < -0.4 is 15.8 Å². The lowest BCUT2D eigenvalue weighted by Crippen LogP contribution is -2.43. The molecule has 162 valence electrons. The first-order valence-electron chi connectivity index (χ1n) is 11.1. The van der Waals surface area contributed by atoms with Gasteiger partial charge in [0.1, 0.15) is 11.9 Å². The molecule has 3 heterocycles. The third-order valence-corrected chi connectivity index (χ3v) is 7.42. The fraction of sp³-hybridized carbons (Fsp3) is 0.478. The maximum absolute atomic E-state index is 13.2. The second kappa shape index (κ2) is 8.42. The number of anilines is 1. The Hall–Kier alpha value is -2.74. The average Bonchev–Trinajstić information content (AvgIpc) is 3.53. The van der Waals surface area contributed by atoms with Crippen LogP contribution in [-0.4, -0.2) is 33.0 Å². The van der Waals surface area contributed by atoms with Gasteiger partial charge in [0.05, 0.1) is 0 Å². The largest absolute Gasteiger partial charge is 0.350 e. The van der Waals surface area contributed by atoms with Crippen molar-refractivity contribution in [3.8, 4) is 0 Å². The van der Waals surface area contributed by atoms with Gasteiger partial charge in [-0.15, -0.1) is 0 Å². The van der Waals surface area contributed by atoms with E-state index in [-0.39, 0.29) is 23.6 Å². The average molecular weight is 438 g/mol. The lowest BCUT2D eigenvalue weighted by atomic mass is 10.2. The number of nitrogens with one attached hydrogen (secondary N) is 1. The van der Waals surface area contributed by atoms with Gasteiger partial charge in [0.25, 0.3) is 5.56 Å². The van der Waals surface area contributed by atoms with Crippen LogP contribution in [0.25, 0.3) is 10.3 Å². The van der Waals surface area contributed by atoms with E-state index in [1.54, 1.807) is 0 Å². The number of benzene rings is 1. The standard InChI is InChI=1S/C23H27N5O2S/c1-15-25-21-19(22(30)28(15)17-10-5-6-11-17)26-23(31-21)27-13-7-12-18(27)20(29)24-14-16-8-3-2-4-9-16/h2-4,8-9,17-18H,5-7,10-14H2,1H3,(H,24,29)/t18-/m1/s1. The number of aromatic nitrogens is 3. The number of carbonyl (C=O) groups is 1. The van der Waals surface area contributed by atoms with Gasteiger partial charge in [0.15, 0.2) is 15.5 Å². The number of rotatable bonds is 5. The van der Waals surface area contributed by atoms with Crippen LogP contribution in [0.15, 0.2) is 35.1 Å². The number of thiazole rings is 1. The summed E-state index contributed by atoms with van der Waals surface area (Å²) >= 11 is 1.42. The van der Waals surface area contributed by atoms with Crippen LogP contribution in [0.4, 0.5) is 5.13 Å². The molecule has 31 heavy (non-hydrogen) atoms. The van der Waals surface area contributed by atoms with Crippen molar-refractivity contribution in [2.75, 3.05) is 11.4 Å².